The van der Waals surface area contributed by atoms with Crippen LogP contribution < -0.4 is 0 Å². The molecule has 1 aliphatic heterocycles. The lowest BCUT2D eigenvalue weighted by Crippen LogP contribution is -2.30. The number of Topliss-reactive ketones (excluding diaryl/α,β-unsaturated/α-hetero) is 1. The maximum absolute atomic E-state index is 13.1. The van der Waals surface area contributed by atoms with Crippen molar-refractivity contribution in [3.05, 3.63) is 65.5 Å². The third kappa shape index (κ3) is 3.12. The van der Waals surface area contributed by atoms with Crippen molar-refractivity contribution in [2.45, 2.75) is 30.7 Å². The van der Waals surface area contributed by atoms with Crippen molar-refractivity contribution in [2.24, 2.45) is 0 Å². The molecule has 126 valence electrons. The van der Waals surface area contributed by atoms with Crippen molar-refractivity contribution in [1.82, 2.24) is 4.31 Å². The maximum Gasteiger partial charge on any atom is 0.243 e. The van der Waals surface area contributed by atoms with Gasteiger partial charge in [-0.3, -0.25) is 4.79 Å². The minimum absolute atomic E-state index is 0.115. The maximum atomic E-state index is 13.1. The fourth-order valence-corrected chi connectivity index (χ4v) is 4.79. The van der Waals surface area contributed by atoms with Crippen LogP contribution in [0.5, 0.6) is 0 Å². The second kappa shape index (κ2) is 6.45. The molecule has 0 amide bonds. The highest BCUT2D eigenvalue weighted by atomic mass is 32.2. The molecule has 3 rings (SSSR count). The molecule has 4 nitrogen and oxygen atoms in total. The van der Waals surface area contributed by atoms with Gasteiger partial charge >= 0.3 is 0 Å². The van der Waals surface area contributed by atoms with Crippen LogP contribution >= 0.6 is 0 Å². The molecule has 0 aliphatic carbocycles. The highest BCUT2D eigenvalue weighted by Gasteiger charge is 2.36. The number of carbonyl (C=O) groups excluding carboxylic acids is 1. The zero-order valence-corrected chi connectivity index (χ0v) is 14.1. The van der Waals surface area contributed by atoms with Crippen LogP contribution in [-0.4, -0.2) is 25.1 Å². The van der Waals surface area contributed by atoms with Gasteiger partial charge in [0.1, 0.15) is 5.82 Å². The number of hydrogen-bond donors (Lipinski definition) is 0. The van der Waals surface area contributed by atoms with E-state index >= 15 is 0 Å². The van der Waals surface area contributed by atoms with Gasteiger partial charge in [0.15, 0.2) is 5.78 Å². The number of benzene rings is 2. The van der Waals surface area contributed by atoms with E-state index in [1.807, 2.05) is 0 Å². The molecule has 1 saturated heterocycles. The van der Waals surface area contributed by atoms with Gasteiger partial charge in [-0.05, 0) is 49.6 Å². The van der Waals surface area contributed by atoms with E-state index in [1.165, 1.54) is 35.5 Å². The molecule has 0 saturated carbocycles. The smallest absolute Gasteiger partial charge is 0.243 e. The van der Waals surface area contributed by atoms with Gasteiger partial charge < -0.3 is 0 Å². The molecule has 1 heterocycles. The van der Waals surface area contributed by atoms with Crippen molar-refractivity contribution < 1.29 is 17.6 Å². The van der Waals surface area contributed by atoms with Gasteiger partial charge in [0.2, 0.25) is 10.0 Å². The topological polar surface area (TPSA) is 54.5 Å². The Labute approximate surface area is 141 Å². The number of sulfonamides is 1. The summed E-state index contributed by atoms with van der Waals surface area (Å²) in [6.45, 7) is 1.82. The molecule has 0 N–H and O–H groups in total. The van der Waals surface area contributed by atoms with Crippen LogP contribution in [0.2, 0.25) is 0 Å². The molecule has 24 heavy (non-hydrogen) atoms. The fraction of sp³-hybridized carbons (Fsp3) is 0.278. The normalized spacial score (nSPS) is 18.7. The van der Waals surface area contributed by atoms with E-state index in [2.05, 4.69) is 0 Å². The Hall–Kier alpha value is -2.05. The minimum Gasteiger partial charge on any atom is -0.295 e. The SMILES string of the molecule is CC(=O)c1cccc(S(=O)(=O)N2CCC[C@@H]2c2ccc(F)cc2)c1. The first-order valence-corrected chi connectivity index (χ1v) is 9.22. The van der Waals surface area contributed by atoms with Gasteiger partial charge in [0, 0.05) is 12.1 Å². The Morgan fingerprint density at radius 2 is 1.88 bits per heavy atom. The monoisotopic (exact) mass is 347 g/mol. The average molecular weight is 347 g/mol. The van der Waals surface area contributed by atoms with Crippen LogP contribution in [0, 0.1) is 5.82 Å². The zero-order valence-electron chi connectivity index (χ0n) is 13.3. The van der Waals surface area contributed by atoms with E-state index in [9.17, 15) is 17.6 Å². The molecule has 0 radical (unpaired) electrons. The third-order valence-corrected chi connectivity index (χ3v) is 6.21. The van der Waals surface area contributed by atoms with E-state index in [0.717, 1.165) is 12.0 Å². The largest absolute Gasteiger partial charge is 0.295 e. The Morgan fingerprint density at radius 3 is 2.54 bits per heavy atom. The lowest BCUT2D eigenvalue weighted by molar-refractivity contribution is 0.101. The molecular weight excluding hydrogens is 329 g/mol. The molecule has 0 spiro atoms. The van der Waals surface area contributed by atoms with Gasteiger partial charge in [0.25, 0.3) is 0 Å². The third-order valence-electron chi connectivity index (χ3n) is 4.31. The van der Waals surface area contributed by atoms with Gasteiger partial charge in [-0.15, -0.1) is 0 Å². The summed E-state index contributed by atoms with van der Waals surface area (Å²) < 4.78 is 40.6. The predicted molar refractivity (Wildman–Crippen MR) is 88.7 cm³/mol. The van der Waals surface area contributed by atoms with E-state index in [1.54, 1.807) is 24.3 Å². The van der Waals surface area contributed by atoms with Gasteiger partial charge in [-0.2, -0.15) is 4.31 Å². The predicted octanol–water partition coefficient (Wildman–Crippen LogP) is 3.55. The van der Waals surface area contributed by atoms with Crippen molar-refractivity contribution in [2.75, 3.05) is 6.54 Å². The average Bonchev–Trinajstić information content (AvgIpc) is 3.06. The lowest BCUT2D eigenvalue weighted by Gasteiger charge is -2.24. The summed E-state index contributed by atoms with van der Waals surface area (Å²) in [6.07, 6.45) is 1.44. The first-order chi connectivity index (χ1) is 11.4. The highest BCUT2D eigenvalue weighted by Crippen LogP contribution is 2.36. The molecule has 0 bridgehead atoms. The Kier molecular flexibility index (Phi) is 4.51. The van der Waals surface area contributed by atoms with E-state index in [0.29, 0.717) is 18.5 Å². The van der Waals surface area contributed by atoms with Gasteiger partial charge in [-0.25, -0.2) is 12.8 Å². The number of nitrogens with zero attached hydrogens (tertiary/aromatic N) is 1. The molecule has 0 aromatic heterocycles. The second-order valence-corrected chi connectivity index (χ2v) is 7.80. The van der Waals surface area contributed by atoms with Gasteiger partial charge in [0.05, 0.1) is 10.9 Å². The number of ketones is 1. The van der Waals surface area contributed by atoms with Crippen LogP contribution in [-0.2, 0) is 10.0 Å². The van der Waals surface area contributed by atoms with Crippen LogP contribution in [0.4, 0.5) is 4.39 Å². The molecule has 1 aliphatic rings. The number of carbonyl (C=O) groups is 1. The zero-order chi connectivity index (χ0) is 17.3. The summed E-state index contributed by atoms with van der Waals surface area (Å²) in [5, 5.41) is 0. The molecule has 2 aromatic carbocycles. The summed E-state index contributed by atoms with van der Waals surface area (Å²) in [6, 6.07) is 11.7. The molecule has 0 unspecified atom stereocenters. The van der Waals surface area contributed by atoms with Crippen LogP contribution in [0.25, 0.3) is 0 Å². The number of hydrogen-bond acceptors (Lipinski definition) is 3. The van der Waals surface area contributed by atoms with Crippen LogP contribution in [0.15, 0.2) is 53.4 Å². The van der Waals surface area contributed by atoms with E-state index in [4.69, 9.17) is 0 Å². The van der Waals surface area contributed by atoms with E-state index < -0.39 is 10.0 Å². The molecule has 2 aromatic rings. The Balaban J connectivity index is 1.97. The molecule has 1 fully saturated rings. The Morgan fingerprint density at radius 1 is 1.17 bits per heavy atom. The molecule has 6 heteroatoms. The van der Waals surface area contributed by atoms with Crippen LogP contribution in [0.1, 0.15) is 41.7 Å². The lowest BCUT2D eigenvalue weighted by atomic mass is 10.1. The molecule has 1 atom stereocenters. The quantitative estimate of drug-likeness (QED) is 0.795. The summed E-state index contributed by atoms with van der Waals surface area (Å²) in [5.41, 5.74) is 1.15. The summed E-state index contributed by atoms with van der Waals surface area (Å²) in [7, 11) is -3.71. The minimum atomic E-state index is -3.71. The summed E-state index contributed by atoms with van der Waals surface area (Å²) in [5.74, 6) is -0.524. The van der Waals surface area contributed by atoms with Crippen LogP contribution in [0.3, 0.4) is 0 Å². The number of rotatable bonds is 4. The van der Waals surface area contributed by atoms with Gasteiger partial charge in [-0.1, -0.05) is 24.3 Å². The fourth-order valence-electron chi connectivity index (χ4n) is 3.06. The standard InChI is InChI=1S/C18H18FNO3S/c1-13(21)15-4-2-5-17(12-15)24(22,23)20-11-3-6-18(20)14-7-9-16(19)10-8-14/h2,4-5,7-10,12,18H,3,6,11H2,1H3/t18-/m1/s1. The second-order valence-electron chi connectivity index (χ2n) is 5.91. The first kappa shape index (κ1) is 16.8. The molecular formula is C18H18FNO3S. The van der Waals surface area contributed by atoms with Crippen molar-refractivity contribution in [3.63, 3.8) is 0 Å². The summed E-state index contributed by atoms with van der Waals surface area (Å²) >= 11 is 0. The van der Waals surface area contributed by atoms with Crippen molar-refractivity contribution in [1.29, 1.82) is 0 Å². The number of halogens is 1. The summed E-state index contributed by atoms with van der Waals surface area (Å²) in [4.78, 5) is 11.6. The van der Waals surface area contributed by atoms with Crippen molar-refractivity contribution in [3.8, 4) is 0 Å². The van der Waals surface area contributed by atoms with Crippen molar-refractivity contribution >= 4 is 15.8 Å². The van der Waals surface area contributed by atoms with E-state index in [-0.39, 0.29) is 22.5 Å². The Bertz CT molecular complexity index is 862. The first-order valence-electron chi connectivity index (χ1n) is 7.78. The highest BCUT2D eigenvalue weighted by molar-refractivity contribution is 7.89.